The average Bonchev–Trinajstić information content (AvgIpc) is 4.00. The van der Waals surface area contributed by atoms with E-state index in [1.807, 2.05) is 0 Å². The largest absolute Gasteiger partial charge is 0.276 e. The minimum Gasteiger partial charge on any atom is -0.276 e. The molecule has 0 aliphatic carbocycles. The number of nitrogens with zero attached hydrogens (tertiary/aromatic N) is 5. The predicted octanol–water partition coefficient (Wildman–Crippen LogP) is 13.1. The van der Waals surface area contributed by atoms with Crippen LogP contribution in [0.15, 0.2) is 188 Å². The number of fused-ring (bicyclic) bond motifs is 12. The molecule has 264 valence electrons. The molecule has 5 nitrogen and oxygen atoms in total. The maximum absolute atomic E-state index is 5.38. The summed E-state index contributed by atoms with van der Waals surface area (Å²) in [5.74, 6) is 1.72. The molecule has 0 unspecified atom stereocenters. The minimum absolute atomic E-state index is 0.860. The van der Waals surface area contributed by atoms with Crippen LogP contribution in [0.2, 0.25) is 0 Å². The summed E-state index contributed by atoms with van der Waals surface area (Å²) in [5, 5.41) is 4.73. The monoisotopic (exact) mass is 725 g/mol. The lowest BCUT2D eigenvalue weighted by Gasteiger charge is -2.19. The summed E-state index contributed by atoms with van der Waals surface area (Å²) in [6, 6.07) is 68.0. The number of imidazole rings is 4. The van der Waals surface area contributed by atoms with Crippen molar-refractivity contribution in [3.8, 4) is 44.5 Å². The number of benzene rings is 9. The van der Waals surface area contributed by atoms with Crippen LogP contribution in [0.1, 0.15) is 0 Å². The number of hydrogen-bond acceptors (Lipinski definition) is 2. The summed E-state index contributed by atoms with van der Waals surface area (Å²) in [7, 11) is 0. The third-order valence-electron chi connectivity index (χ3n) is 11.9. The van der Waals surface area contributed by atoms with Crippen LogP contribution in [0, 0.1) is 0 Å². The Hall–Kier alpha value is -7.76. The molecule has 5 heteroatoms. The summed E-state index contributed by atoms with van der Waals surface area (Å²) in [5.41, 5.74) is 16.8. The Bertz CT molecular complexity index is 3510. The van der Waals surface area contributed by atoms with Crippen LogP contribution in [-0.4, -0.2) is 23.2 Å². The van der Waals surface area contributed by atoms with Gasteiger partial charge in [-0.25, -0.2) is 14.4 Å². The van der Waals surface area contributed by atoms with Gasteiger partial charge in [-0.1, -0.05) is 140 Å². The van der Waals surface area contributed by atoms with E-state index in [4.69, 9.17) is 9.97 Å². The molecule has 0 aliphatic heterocycles. The molecule has 13 aromatic rings. The van der Waals surface area contributed by atoms with E-state index >= 15 is 0 Å². The lowest BCUT2D eigenvalue weighted by Crippen LogP contribution is -1.94. The van der Waals surface area contributed by atoms with Crippen molar-refractivity contribution in [2.45, 2.75) is 0 Å². The van der Waals surface area contributed by atoms with Gasteiger partial charge in [0.15, 0.2) is 0 Å². The number of aromatic nitrogens is 5. The molecule has 0 radical (unpaired) electrons. The number of hydrogen-bond donors (Lipinski definition) is 0. The Labute approximate surface area is 326 Å². The topological polar surface area (TPSA) is 39.0 Å². The van der Waals surface area contributed by atoms with Gasteiger partial charge in [0.25, 0.3) is 0 Å². The first-order chi connectivity index (χ1) is 28.2. The first kappa shape index (κ1) is 30.6. The van der Waals surface area contributed by atoms with Gasteiger partial charge in [0.05, 0.1) is 33.1 Å². The molecule has 0 saturated carbocycles. The van der Waals surface area contributed by atoms with Gasteiger partial charge < -0.3 is 0 Å². The van der Waals surface area contributed by atoms with E-state index in [1.54, 1.807) is 0 Å². The Morgan fingerprint density at radius 3 is 1.16 bits per heavy atom. The van der Waals surface area contributed by atoms with E-state index in [0.29, 0.717) is 0 Å². The summed E-state index contributed by atoms with van der Waals surface area (Å²) in [6.07, 6.45) is 0. The molecule has 0 spiro atoms. The zero-order valence-electron chi connectivity index (χ0n) is 30.6. The van der Waals surface area contributed by atoms with Gasteiger partial charge in [-0.2, -0.15) is 0 Å². The smallest absolute Gasteiger partial charge is 0.223 e. The second-order valence-electron chi connectivity index (χ2n) is 15.1. The Balaban J connectivity index is 1.23. The highest BCUT2D eigenvalue weighted by Crippen LogP contribution is 2.46. The second-order valence-corrected chi connectivity index (χ2v) is 15.1. The van der Waals surface area contributed by atoms with Crippen molar-refractivity contribution in [1.29, 1.82) is 0 Å². The third-order valence-corrected chi connectivity index (χ3v) is 11.9. The first-order valence-electron chi connectivity index (χ1n) is 19.4. The zero-order chi connectivity index (χ0) is 37.2. The van der Waals surface area contributed by atoms with Gasteiger partial charge in [-0.3, -0.25) is 8.80 Å². The zero-order valence-corrected chi connectivity index (χ0v) is 30.6. The Morgan fingerprint density at radius 1 is 0.298 bits per heavy atom. The quantitative estimate of drug-likeness (QED) is 0.181. The first-order valence-corrected chi connectivity index (χ1v) is 19.4. The molecule has 9 aromatic carbocycles. The molecule has 0 aliphatic rings. The van der Waals surface area contributed by atoms with Crippen molar-refractivity contribution in [2.24, 2.45) is 0 Å². The van der Waals surface area contributed by atoms with Crippen LogP contribution in [0.5, 0.6) is 0 Å². The van der Waals surface area contributed by atoms with E-state index in [1.165, 1.54) is 60.5 Å². The van der Waals surface area contributed by atoms with Gasteiger partial charge in [-0.05, 0) is 115 Å². The van der Waals surface area contributed by atoms with Gasteiger partial charge in [0, 0.05) is 0 Å². The fourth-order valence-corrected chi connectivity index (χ4v) is 9.32. The molecular formula is C52H31N5. The van der Waals surface area contributed by atoms with Gasteiger partial charge in [0.1, 0.15) is 5.52 Å². The van der Waals surface area contributed by atoms with E-state index in [2.05, 4.69) is 201 Å². The van der Waals surface area contributed by atoms with Crippen LogP contribution in [-0.2, 0) is 0 Å². The fourth-order valence-electron chi connectivity index (χ4n) is 9.32. The third kappa shape index (κ3) is 4.34. The molecule has 13 rings (SSSR count). The predicted molar refractivity (Wildman–Crippen MR) is 235 cm³/mol. The highest BCUT2D eigenvalue weighted by atomic mass is 15.3. The van der Waals surface area contributed by atoms with E-state index in [9.17, 15) is 0 Å². The summed E-state index contributed by atoms with van der Waals surface area (Å²) in [6.45, 7) is 0. The maximum Gasteiger partial charge on any atom is 0.223 e. The molecule has 0 amide bonds. The molecule has 0 fully saturated rings. The summed E-state index contributed by atoms with van der Waals surface area (Å²) < 4.78 is 6.98. The van der Waals surface area contributed by atoms with Crippen molar-refractivity contribution >= 4 is 71.7 Å². The van der Waals surface area contributed by atoms with Gasteiger partial charge >= 0.3 is 0 Å². The average molecular weight is 726 g/mol. The second kappa shape index (κ2) is 11.4. The van der Waals surface area contributed by atoms with Crippen LogP contribution in [0.25, 0.3) is 116 Å². The Kier molecular flexibility index (Phi) is 6.10. The SMILES string of the molecule is c1ccc(-c2cc(-c3ccccc3)c(-c3cc4c5c(c3)n3c6cc7ccccc7cc6nc3n5c3nc5cc6ccccc6cc5n43)c(-c3ccccc3)c2)cc1. The normalized spacial score (nSPS) is 12.2. The van der Waals surface area contributed by atoms with Crippen LogP contribution >= 0.6 is 0 Å². The summed E-state index contributed by atoms with van der Waals surface area (Å²) in [4.78, 5) is 10.8. The molecule has 0 N–H and O–H groups in total. The van der Waals surface area contributed by atoms with Crippen molar-refractivity contribution in [2.75, 3.05) is 0 Å². The summed E-state index contributed by atoms with van der Waals surface area (Å²) >= 11 is 0. The van der Waals surface area contributed by atoms with E-state index in [0.717, 1.165) is 55.7 Å². The van der Waals surface area contributed by atoms with Crippen LogP contribution in [0.3, 0.4) is 0 Å². The molecule has 0 bridgehead atoms. The standard InChI is InChI=1S/C52H31N5/c1-4-14-32(15-5-1)39-24-41(33-16-6-2-7-17-33)49(42(25-39)34-18-8-3-9-19-34)40-30-47-50-48(31-40)56-46-29-38-23-13-11-21-36(38)27-44(46)54-52(56)57(50)51-53-43-26-35-20-10-12-22-37(35)28-45(43)55(47)51/h1-31H. The van der Waals surface area contributed by atoms with Gasteiger partial charge in [0.2, 0.25) is 11.6 Å². The lowest BCUT2D eigenvalue weighted by molar-refractivity contribution is 1.15. The molecule has 4 aromatic heterocycles. The van der Waals surface area contributed by atoms with E-state index in [-0.39, 0.29) is 0 Å². The van der Waals surface area contributed by atoms with Crippen molar-refractivity contribution in [3.05, 3.63) is 188 Å². The van der Waals surface area contributed by atoms with Crippen LogP contribution in [0.4, 0.5) is 0 Å². The minimum atomic E-state index is 0.860. The maximum atomic E-state index is 5.38. The molecular weight excluding hydrogens is 695 g/mol. The molecule has 0 saturated heterocycles. The molecule has 0 atom stereocenters. The Morgan fingerprint density at radius 2 is 0.702 bits per heavy atom. The lowest BCUT2D eigenvalue weighted by atomic mass is 9.84. The fraction of sp³-hybridized carbons (Fsp3) is 0. The molecule has 4 heterocycles. The highest BCUT2D eigenvalue weighted by Gasteiger charge is 2.27. The van der Waals surface area contributed by atoms with Crippen LogP contribution < -0.4 is 0 Å². The van der Waals surface area contributed by atoms with Crippen molar-refractivity contribution in [3.63, 3.8) is 0 Å². The molecule has 57 heavy (non-hydrogen) atoms. The van der Waals surface area contributed by atoms with Crippen molar-refractivity contribution in [1.82, 2.24) is 23.2 Å². The van der Waals surface area contributed by atoms with Crippen molar-refractivity contribution < 1.29 is 0 Å². The highest BCUT2D eigenvalue weighted by molar-refractivity contribution is 6.10. The van der Waals surface area contributed by atoms with E-state index < -0.39 is 0 Å². The number of rotatable bonds is 4. The van der Waals surface area contributed by atoms with Gasteiger partial charge in [-0.15, -0.1) is 0 Å².